The number of hydrogen-bond acceptors (Lipinski definition) is 4. The van der Waals surface area contributed by atoms with Gasteiger partial charge in [0, 0.05) is 22.6 Å². The Hall–Kier alpha value is -1.85. The van der Waals surface area contributed by atoms with Crippen LogP contribution >= 0.6 is 27.5 Å². The highest BCUT2D eigenvalue weighted by atomic mass is 79.9. The second-order valence-corrected chi connectivity index (χ2v) is 7.11. The summed E-state index contributed by atoms with van der Waals surface area (Å²) in [4.78, 5) is 9.16. The van der Waals surface area contributed by atoms with Crippen LogP contribution in [-0.2, 0) is 0 Å². The quantitative estimate of drug-likeness (QED) is 0.641. The van der Waals surface area contributed by atoms with Crippen molar-refractivity contribution in [2.75, 3.05) is 12.4 Å². The second-order valence-electron chi connectivity index (χ2n) is 5.82. The van der Waals surface area contributed by atoms with Crippen LogP contribution in [0.25, 0.3) is 22.0 Å². The summed E-state index contributed by atoms with van der Waals surface area (Å²) in [7, 11) is 1.65. The molecule has 1 aliphatic rings. The van der Waals surface area contributed by atoms with Crippen LogP contribution in [0.5, 0.6) is 5.75 Å². The van der Waals surface area contributed by atoms with Crippen molar-refractivity contribution in [3.63, 3.8) is 0 Å². The molecule has 2 aromatic carbocycles. The van der Waals surface area contributed by atoms with Gasteiger partial charge in [-0.3, -0.25) is 0 Å². The normalized spacial score (nSPS) is 14.0. The molecule has 1 saturated carbocycles. The minimum atomic E-state index is 0.494. The van der Waals surface area contributed by atoms with Crippen molar-refractivity contribution in [3.8, 4) is 16.9 Å². The molecule has 1 heterocycles. The molecule has 1 N–H and O–H groups in total. The maximum Gasteiger partial charge on any atom is 0.223 e. The Morgan fingerprint density at radius 1 is 1.29 bits per heavy atom. The van der Waals surface area contributed by atoms with Crippen molar-refractivity contribution < 1.29 is 4.74 Å². The van der Waals surface area contributed by atoms with Crippen molar-refractivity contribution >= 4 is 44.4 Å². The smallest absolute Gasteiger partial charge is 0.223 e. The number of methoxy groups -OCH3 is 1. The predicted molar refractivity (Wildman–Crippen MR) is 101 cm³/mol. The second kappa shape index (κ2) is 6.22. The lowest BCUT2D eigenvalue weighted by molar-refractivity contribution is 0.416. The minimum Gasteiger partial charge on any atom is -0.493 e. The van der Waals surface area contributed by atoms with Gasteiger partial charge in [0.05, 0.1) is 11.6 Å². The monoisotopic (exact) mass is 403 g/mol. The molecule has 1 fully saturated rings. The molecule has 0 unspecified atom stereocenters. The van der Waals surface area contributed by atoms with Crippen LogP contribution < -0.4 is 10.1 Å². The molecule has 6 heteroatoms. The summed E-state index contributed by atoms with van der Waals surface area (Å²) in [5, 5.41) is 4.96. The molecule has 0 amide bonds. The zero-order valence-electron chi connectivity index (χ0n) is 13.0. The number of ether oxygens (including phenoxy) is 1. The van der Waals surface area contributed by atoms with E-state index in [1.165, 1.54) is 12.8 Å². The molecule has 0 aliphatic heterocycles. The van der Waals surface area contributed by atoms with Gasteiger partial charge < -0.3 is 10.1 Å². The number of fused-ring (bicyclic) bond motifs is 1. The maximum absolute atomic E-state index is 6.16. The van der Waals surface area contributed by atoms with E-state index >= 15 is 0 Å². The first-order valence-corrected chi connectivity index (χ1v) is 8.88. The third-order valence-corrected chi connectivity index (χ3v) is 4.86. The van der Waals surface area contributed by atoms with E-state index in [4.69, 9.17) is 16.3 Å². The van der Waals surface area contributed by atoms with Crippen LogP contribution in [-0.4, -0.2) is 23.1 Å². The topological polar surface area (TPSA) is 47.0 Å². The Labute approximate surface area is 153 Å². The van der Waals surface area contributed by atoms with E-state index in [2.05, 4.69) is 31.2 Å². The molecule has 0 radical (unpaired) electrons. The van der Waals surface area contributed by atoms with Crippen molar-refractivity contribution in [3.05, 3.63) is 46.0 Å². The van der Waals surface area contributed by atoms with Gasteiger partial charge in [-0.05, 0) is 58.1 Å². The van der Waals surface area contributed by atoms with Gasteiger partial charge in [0.1, 0.15) is 5.52 Å². The van der Waals surface area contributed by atoms with Gasteiger partial charge in [0.15, 0.2) is 5.75 Å². The molecule has 4 rings (SSSR count). The number of rotatable bonds is 4. The van der Waals surface area contributed by atoms with Crippen LogP contribution in [0, 0.1) is 0 Å². The molecule has 4 nitrogen and oxygen atoms in total. The number of hydrogen-bond donors (Lipinski definition) is 1. The largest absolute Gasteiger partial charge is 0.493 e. The van der Waals surface area contributed by atoms with Crippen LogP contribution in [0.2, 0.25) is 5.02 Å². The molecule has 1 aromatic heterocycles. The molecule has 1 aliphatic carbocycles. The fourth-order valence-electron chi connectivity index (χ4n) is 2.70. The fraction of sp³-hybridized carbons (Fsp3) is 0.222. The first-order chi connectivity index (χ1) is 11.7. The fourth-order valence-corrected chi connectivity index (χ4v) is 3.47. The standard InChI is InChI=1S/C18H15BrClN3O/c1-24-17-15(19)8-13(10-3-2-4-11(20)7-10)14-9-21-18(23-16(14)17)22-12-5-6-12/h2-4,7-9,12H,5-6H2,1H3,(H,21,22,23). The third kappa shape index (κ3) is 2.94. The SMILES string of the molecule is COc1c(Br)cc(-c2cccc(Cl)c2)c2cnc(NC3CC3)nc12. The zero-order chi connectivity index (χ0) is 16.7. The van der Waals surface area contributed by atoms with E-state index in [0.717, 1.165) is 26.5 Å². The van der Waals surface area contributed by atoms with Crippen molar-refractivity contribution in [2.45, 2.75) is 18.9 Å². The van der Waals surface area contributed by atoms with E-state index in [-0.39, 0.29) is 0 Å². The number of halogens is 2. The number of benzene rings is 2. The van der Waals surface area contributed by atoms with Gasteiger partial charge in [-0.25, -0.2) is 9.97 Å². The zero-order valence-corrected chi connectivity index (χ0v) is 15.4. The van der Waals surface area contributed by atoms with Gasteiger partial charge in [0.25, 0.3) is 0 Å². The van der Waals surface area contributed by atoms with Crippen molar-refractivity contribution in [2.24, 2.45) is 0 Å². The summed E-state index contributed by atoms with van der Waals surface area (Å²) in [5.74, 6) is 1.34. The number of aromatic nitrogens is 2. The highest BCUT2D eigenvalue weighted by Gasteiger charge is 2.23. The number of nitrogens with one attached hydrogen (secondary N) is 1. The first kappa shape index (κ1) is 15.7. The average Bonchev–Trinajstić information content (AvgIpc) is 3.38. The van der Waals surface area contributed by atoms with Crippen LogP contribution in [0.1, 0.15) is 12.8 Å². The average molecular weight is 405 g/mol. The van der Waals surface area contributed by atoms with E-state index in [1.807, 2.05) is 36.5 Å². The molecule has 0 bridgehead atoms. The molecule has 24 heavy (non-hydrogen) atoms. The number of nitrogens with zero attached hydrogens (tertiary/aromatic N) is 2. The molecule has 0 saturated heterocycles. The maximum atomic E-state index is 6.16. The first-order valence-electron chi connectivity index (χ1n) is 7.71. The Kier molecular flexibility index (Phi) is 4.06. The third-order valence-electron chi connectivity index (χ3n) is 4.03. The molecule has 0 atom stereocenters. The molecule has 122 valence electrons. The Bertz CT molecular complexity index is 928. The van der Waals surface area contributed by atoms with Gasteiger partial charge in [0.2, 0.25) is 5.95 Å². The van der Waals surface area contributed by atoms with Gasteiger partial charge in [-0.1, -0.05) is 23.7 Å². The van der Waals surface area contributed by atoms with Crippen LogP contribution in [0.15, 0.2) is 41.0 Å². The summed E-state index contributed by atoms with van der Waals surface area (Å²) < 4.78 is 6.41. The predicted octanol–water partition coefficient (Wildman–Crippen LogP) is 5.30. The van der Waals surface area contributed by atoms with E-state index in [0.29, 0.717) is 22.8 Å². The van der Waals surface area contributed by atoms with Gasteiger partial charge in [-0.2, -0.15) is 0 Å². The van der Waals surface area contributed by atoms with Crippen molar-refractivity contribution in [1.82, 2.24) is 9.97 Å². The van der Waals surface area contributed by atoms with E-state index in [1.54, 1.807) is 7.11 Å². The lowest BCUT2D eigenvalue weighted by atomic mass is 10.0. The highest BCUT2D eigenvalue weighted by molar-refractivity contribution is 9.10. The Balaban J connectivity index is 1.93. The van der Waals surface area contributed by atoms with Crippen molar-refractivity contribution in [1.29, 1.82) is 0 Å². The van der Waals surface area contributed by atoms with Gasteiger partial charge >= 0.3 is 0 Å². The lowest BCUT2D eigenvalue weighted by Crippen LogP contribution is -2.05. The van der Waals surface area contributed by atoms with Crippen LogP contribution in [0.4, 0.5) is 5.95 Å². The van der Waals surface area contributed by atoms with Crippen LogP contribution in [0.3, 0.4) is 0 Å². The summed E-state index contributed by atoms with van der Waals surface area (Å²) in [6.45, 7) is 0. The van der Waals surface area contributed by atoms with E-state index in [9.17, 15) is 0 Å². The molecule has 3 aromatic rings. The van der Waals surface area contributed by atoms with E-state index < -0.39 is 0 Å². The molecule has 0 spiro atoms. The molecular weight excluding hydrogens is 390 g/mol. The Morgan fingerprint density at radius 2 is 2.12 bits per heavy atom. The lowest BCUT2D eigenvalue weighted by Gasteiger charge is -2.13. The van der Waals surface area contributed by atoms with Gasteiger partial charge in [-0.15, -0.1) is 0 Å². The number of anilines is 1. The summed E-state index contributed by atoms with van der Waals surface area (Å²) >= 11 is 9.75. The summed E-state index contributed by atoms with van der Waals surface area (Å²) in [6, 6.07) is 10.3. The Morgan fingerprint density at radius 3 is 2.83 bits per heavy atom. The molecular formula is C18H15BrClN3O. The summed E-state index contributed by atoms with van der Waals surface area (Å²) in [6.07, 6.45) is 4.19. The minimum absolute atomic E-state index is 0.494. The summed E-state index contributed by atoms with van der Waals surface area (Å²) in [5.41, 5.74) is 2.81. The highest BCUT2D eigenvalue weighted by Crippen LogP contribution is 2.40.